The number of hydrogen-bond acceptors (Lipinski definition) is 4. The second-order valence-corrected chi connectivity index (χ2v) is 7.05. The fourth-order valence-electron chi connectivity index (χ4n) is 3.16. The van der Waals surface area contributed by atoms with E-state index in [2.05, 4.69) is 49.4 Å². The monoisotopic (exact) mass is 498 g/mol. The molecule has 0 bridgehead atoms. The van der Waals surface area contributed by atoms with Gasteiger partial charge >= 0.3 is 0 Å². The van der Waals surface area contributed by atoms with Gasteiger partial charge in [0.1, 0.15) is 5.82 Å². The predicted molar refractivity (Wildman–Crippen MR) is 122 cm³/mol. The quantitative estimate of drug-likeness (QED) is 0.333. The lowest BCUT2D eigenvalue weighted by Crippen LogP contribution is -2.40. The molecule has 3 rings (SSSR count). The number of hydrogen-bond donors (Lipinski definition) is 2. The highest BCUT2D eigenvalue weighted by Gasteiger charge is 2.15. The SMILES string of the molecule is CN=C(NCc1nnc2n1CCCC2)NCC(C)COCc1ccccc1.I. The molecule has 7 nitrogen and oxygen atoms in total. The van der Waals surface area contributed by atoms with E-state index in [-0.39, 0.29) is 24.0 Å². The van der Waals surface area contributed by atoms with Crippen LogP contribution in [0.25, 0.3) is 0 Å². The van der Waals surface area contributed by atoms with Crippen molar-refractivity contribution in [2.45, 2.75) is 45.9 Å². The van der Waals surface area contributed by atoms with Crippen molar-refractivity contribution < 1.29 is 4.74 Å². The first-order valence-electron chi connectivity index (χ1n) is 9.73. The van der Waals surface area contributed by atoms with E-state index in [9.17, 15) is 0 Å². The van der Waals surface area contributed by atoms with Crippen molar-refractivity contribution in [3.8, 4) is 0 Å². The van der Waals surface area contributed by atoms with E-state index in [0.29, 0.717) is 25.7 Å². The Kier molecular flexibility index (Phi) is 9.69. The van der Waals surface area contributed by atoms with Crippen molar-refractivity contribution >= 4 is 29.9 Å². The molecule has 2 heterocycles. The Morgan fingerprint density at radius 1 is 1.21 bits per heavy atom. The van der Waals surface area contributed by atoms with Crippen LogP contribution in [0.4, 0.5) is 0 Å². The summed E-state index contributed by atoms with van der Waals surface area (Å²) in [5.41, 5.74) is 1.20. The highest BCUT2D eigenvalue weighted by atomic mass is 127. The van der Waals surface area contributed by atoms with Crippen LogP contribution in [0.2, 0.25) is 0 Å². The van der Waals surface area contributed by atoms with E-state index in [4.69, 9.17) is 4.74 Å². The molecule has 2 N–H and O–H groups in total. The lowest BCUT2D eigenvalue weighted by atomic mass is 10.2. The minimum absolute atomic E-state index is 0. The molecule has 154 valence electrons. The second-order valence-electron chi connectivity index (χ2n) is 7.05. The lowest BCUT2D eigenvalue weighted by molar-refractivity contribution is 0.0931. The molecule has 0 saturated carbocycles. The molecular weight excluding hydrogens is 467 g/mol. The van der Waals surface area contributed by atoms with Gasteiger partial charge in [-0.2, -0.15) is 0 Å². The maximum atomic E-state index is 5.81. The van der Waals surface area contributed by atoms with E-state index in [1.54, 1.807) is 7.05 Å². The first-order chi connectivity index (χ1) is 13.3. The van der Waals surface area contributed by atoms with Crippen LogP contribution >= 0.6 is 24.0 Å². The molecule has 0 saturated heterocycles. The van der Waals surface area contributed by atoms with Crippen molar-refractivity contribution in [2.24, 2.45) is 10.9 Å². The summed E-state index contributed by atoms with van der Waals surface area (Å²) in [7, 11) is 1.78. The smallest absolute Gasteiger partial charge is 0.191 e. The molecule has 1 atom stereocenters. The number of nitrogens with one attached hydrogen (secondary N) is 2. The standard InChI is InChI=1S/C20H30N6O.HI/c1-16(14-27-15-17-8-4-3-5-9-17)12-22-20(21-2)23-13-19-25-24-18-10-6-7-11-26(18)19;/h3-5,8-9,16H,6-7,10-15H2,1-2H3,(H2,21,22,23);1H. The molecule has 1 aromatic carbocycles. The molecule has 0 aliphatic carbocycles. The Hall–Kier alpha value is -1.68. The maximum absolute atomic E-state index is 5.81. The van der Waals surface area contributed by atoms with Gasteiger partial charge in [-0.1, -0.05) is 37.3 Å². The third kappa shape index (κ3) is 6.73. The average molecular weight is 498 g/mol. The van der Waals surface area contributed by atoms with E-state index >= 15 is 0 Å². The fourth-order valence-corrected chi connectivity index (χ4v) is 3.16. The van der Waals surface area contributed by atoms with E-state index in [0.717, 1.165) is 37.1 Å². The van der Waals surface area contributed by atoms with Gasteiger partial charge in [0.25, 0.3) is 0 Å². The van der Waals surface area contributed by atoms with Gasteiger partial charge in [0.05, 0.1) is 19.8 Å². The Morgan fingerprint density at radius 3 is 2.82 bits per heavy atom. The summed E-state index contributed by atoms with van der Waals surface area (Å²) >= 11 is 0. The molecule has 0 fully saturated rings. The highest BCUT2D eigenvalue weighted by molar-refractivity contribution is 14.0. The molecule has 0 amide bonds. The van der Waals surface area contributed by atoms with Gasteiger partial charge in [0.15, 0.2) is 11.8 Å². The predicted octanol–water partition coefficient (Wildman–Crippen LogP) is 2.75. The van der Waals surface area contributed by atoms with Crippen LogP contribution in [0, 0.1) is 5.92 Å². The van der Waals surface area contributed by atoms with Crippen LogP contribution in [0.1, 0.15) is 37.0 Å². The Bertz CT molecular complexity index is 734. The summed E-state index contributed by atoms with van der Waals surface area (Å²) in [6, 6.07) is 10.2. The largest absolute Gasteiger partial charge is 0.376 e. The number of guanidine groups is 1. The van der Waals surface area contributed by atoms with Crippen LogP contribution in [0.5, 0.6) is 0 Å². The summed E-state index contributed by atoms with van der Waals surface area (Å²) in [5, 5.41) is 15.3. The molecule has 8 heteroatoms. The molecule has 0 radical (unpaired) electrons. The second kappa shape index (κ2) is 12.0. The number of ether oxygens (including phenoxy) is 1. The minimum Gasteiger partial charge on any atom is -0.376 e. The van der Waals surface area contributed by atoms with Gasteiger partial charge in [0.2, 0.25) is 0 Å². The van der Waals surface area contributed by atoms with Gasteiger partial charge in [0, 0.05) is 26.6 Å². The zero-order chi connectivity index (χ0) is 18.9. The molecule has 1 aliphatic heterocycles. The zero-order valence-electron chi connectivity index (χ0n) is 16.7. The molecule has 28 heavy (non-hydrogen) atoms. The van der Waals surface area contributed by atoms with Crippen molar-refractivity contribution in [2.75, 3.05) is 20.2 Å². The number of aliphatic imine (C=N–C) groups is 1. The number of halogens is 1. The first kappa shape index (κ1) is 22.6. The van der Waals surface area contributed by atoms with Crippen LogP contribution in [0.15, 0.2) is 35.3 Å². The van der Waals surface area contributed by atoms with Gasteiger partial charge in [-0.15, -0.1) is 34.2 Å². The molecule has 1 aliphatic rings. The van der Waals surface area contributed by atoms with E-state index in [1.807, 2.05) is 18.2 Å². The Balaban J connectivity index is 0.00000280. The van der Waals surface area contributed by atoms with Crippen LogP contribution < -0.4 is 10.6 Å². The van der Waals surface area contributed by atoms with Crippen LogP contribution in [-0.2, 0) is 30.9 Å². The third-order valence-corrected chi connectivity index (χ3v) is 4.71. The lowest BCUT2D eigenvalue weighted by Gasteiger charge is -2.17. The normalized spacial score (nSPS) is 14.7. The van der Waals surface area contributed by atoms with Crippen molar-refractivity contribution in [3.63, 3.8) is 0 Å². The van der Waals surface area contributed by atoms with Crippen molar-refractivity contribution in [1.82, 2.24) is 25.4 Å². The number of fused-ring (bicyclic) bond motifs is 1. The summed E-state index contributed by atoms with van der Waals surface area (Å²) in [4.78, 5) is 4.30. The number of aryl methyl sites for hydroxylation is 1. The van der Waals surface area contributed by atoms with Crippen LogP contribution in [0.3, 0.4) is 0 Å². The first-order valence-corrected chi connectivity index (χ1v) is 9.73. The summed E-state index contributed by atoms with van der Waals surface area (Å²) in [5.74, 6) is 3.24. The fraction of sp³-hybridized carbons (Fsp3) is 0.550. The number of aromatic nitrogens is 3. The summed E-state index contributed by atoms with van der Waals surface area (Å²) < 4.78 is 8.03. The molecule has 0 spiro atoms. The summed E-state index contributed by atoms with van der Waals surface area (Å²) in [6.07, 6.45) is 3.44. The highest BCUT2D eigenvalue weighted by Crippen LogP contribution is 2.13. The Labute approximate surface area is 184 Å². The van der Waals surface area contributed by atoms with Gasteiger partial charge in [-0.25, -0.2) is 0 Å². The molecule has 1 aromatic heterocycles. The van der Waals surface area contributed by atoms with Gasteiger partial charge in [-0.3, -0.25) is 4.99 Å². The molecule has 1 unspecified atom stereocenters. The minimum atomic E-state index is 0. The van der Waals surface area contributed by atoms with E-state index < -0.39 is 0 Å². The van der Waals surface area contributed by atoms with Crippen molar-refractivity contribution in [1.29, 1.82) is 0 Å². The number of nitrogens with zero attached hydrogens (tertiary/aromatic N) is 4. The van der Waals surface area contributed by atoms with Crippen molar-refractivity contribution in [3.05, 3.63) is 47.5 Å². The third-order valence-electron chi connectivity index (χ3n) is 4.71. The number of benzene rings is 1. The number of rotatable bonds is 8. The molecular formula is C20H31IN6O. The maximum Gasteiger partial charge on any atom is 0.191 e. The van der Waals surface area contributed by atoms with Gasteiger partial charge < -0.3 is 19.9 Å². The Morgan fingerprint density at radius 2 is 2.04 bits per heavy atom. The topological polar surface area (TPSA) is 76.4 Å². The average Bonchev–Trinajstić information content (AvgIpc) is 3.12. The van der Waals surface area contributed by atoms with Gasteiger partial charge in [-0.05, 0) is 24.3 Å². The zero-order valence-corrected chi connectivity index (χ0v) is 19.1. The summed E-state index contributed by atoms with van der Waals surface area (Å²) in [6.45, 7) is 5.96. The molecule has 2 aromatic rings. The van der Waals surface area contributed by atoms with Crippen LogP contribution in [-0.4, -0.2) is 40.9 Å². The van der Waals surface area contributed by atoms with E-state index in [1.165, 1.54) is 18.4 Å².